The van der Waals surface area contributed by atoms with Gasteiger partial charge in [0.1, 0.15) is 0 Å². The molecule has 0 fully saturated rings. The van der Waals surface area contributed by atoms with Gasteiger partial charge < -0.3 is 15.3 Å². The zero-order chi connectivity index (χ0) is 14.3. The molecule has 0 spiro atoms. The molecular weight excluding hydrogens is 240 g/mol. The number of hydrogen-bond acceptors (Lipinski definition) is 3. The van der Waals surface area contributed by atoms with Crippen LogP contribution in [0.15, 0.2) is 18.2 Å². The van der Waals surface area contributed by atoms with Crippen molar-refractivity contribution >= 4 is 0 Å². The van der Waals surface area contributed by atoms with Crippen LogP contribution in [0.1, 0.15) is 22.3 Å². The van der Waals surface area contributed by atoms with E-state index in [0.29, 0.717) is 11.1 Å². The highest BCUT2D eigenvalue weighted by Crippen LogP contribution is 2.47. The van der Waals surface area contributed by atoms with Crippen molar-refractivity contribution in [2.45, 2.75) is 27.7 Å². The molecule has 0 aliphatic heterocycles. The van der Waals surface area contributed by atoms with E-state index in [1.54, 1.807) is 6.92 Å². The van der Waals surface area contributed by atoms with Crippen molar-refractivity contribution in [2.24, 2.45) is 0 Å². The minimum absolute atomic E-state index is 0.260. The second-order valence-corrected chi connectivity index (χ2v) is 4.92. The van der Waals surface area contributed by atoms with Crippen LogP contribution in [0.2, 0.25) is 0 Å². The fraction of sp³-hybridized carbons (Fsp3) is 0.250. The summed E-state index contributed by atoms with van der Waals surface area (Å²) in [5.74, 6) is -0.989. The maximum atomic E-state index is 10.1. The summed E-state index contributed by atoms with van der Waals surface area (Å²) >= 11 is 0. The third-order valence-corrected chi connectivity index (χ3v) is 3.85. The highest BCUT2D eigenvalue weighted by atomic mass is 16.3. The predicted molar refractivity (Wildman–Crippen MR) is 75.8 cm³/mol. The van der Waals surface area contributed by atoms with E-state index in [-0.39, 0.29) is 11.5 Å². The van der Waals surface area contributed by atoms with Crippen molar-refractivity contribution in [3.63, 3.8) is 0 Å². The topological polar surface area (TPSA) is 60.7 Å². The quantitative estimate of drug-likeness (QED) is 0.683. The summed E-state index contributed by atoms with van der Waals surface area (Å²) in [5.41, 5.74) is 4.95. The number of rotatable bonds is 1. The van der Waals surface area contributed by atoms with Crippen LogP contribution in [0.5, 0.6) is 17.2 Å². The van der Waals surface area contributed by atoms with Gasteiger partial charge in [-0.05, 0) is 55.5 Å². The SMILES string of the molecule is Cc1cccc(-c2c(C)c(C)c(O)c(O)c2O)c1C. The molecule has 2 aromatic carbocycles. The van der Waals surface area contributed by atoms with Crippen molar-refractivity contribution in [1.29, 1.82) is 0 Å². The Morgan fingerprint density at radius 2 is 1.32 bits per heavy atom. The first-order chi connectivity index (χ1) is 8.86. The fourth-order valence-corrected chi connectivity index (χ4v) is 2.30. The van der Waals surface area contributed by atoms with Crippen LogP contribution in [0, 0.1) is 27.7 Å². The number of aromatic hydroxyl groups is 3. The third-order valence-electron chi connectivity index (χ3n) is 3.85. The molecule has 0 aromatic heterocycles. The Hall–Kier alpha value is -2.16. The lowest BCUT2D eigenvalue weighted by Crippen LogP contribution is -1.94. The van der Waals surface area contributed by atoms with Crippen molar-refractivity contribution in [1.82, 2.24) is 0 Å². The Morgan fingerprint density at radius 3 is 1.95 bits per heavy atom. The standard InChI is InChI=1S/C16H18O3/c1-8-6-5-7-12(9(8)2)13-10(3)11(4)14(17)16(19)15(13)18/h5-7,17-19H,1-4H3. The van der Waals surface area contributed by atoms with Crippen molar-refractivity contribution < 1.29 is 15.3 Å². The molecule has 0 atom stereocenters. The minimum Gasteiger partial charge on any atom is -0.504 e. The molecule has 0 radical (unpaired) electrons. The van der Waals surface area contributed by atoms with Crippen LogP contribution >= 0.6 is 0 Å². The fourth-order valence-electron chi connectivity index (χ4n) is 2.30. The van der Waals surface area contributed by atoms with E-state index in [0.717, 1.165) is 22.3 Å². The van der Waals surface area contributed by atoms with Crippen LogP contribution in [0.3, 0.4) is 0 Å². The van der Waals surface area contributed by atoms with Gasteiger partial charge in [-0.25, -0.2) is 0 Å². The first-order valence-corrected chi connectivity index (χ1v) is 6.16. The summed E-state index contributed by atoms with van der Waals surface area (Å²) in [6.07, 6.45) is 0. The zero-order valence-electron chi connectivity index (χ0n) is 11.6. The van der Waals surface area contributed by atoms with Gasteiger partial charge in [-0.2, -0.15) is 0 Å². The molecule has 3 nitrogen and oxygen atoms in total. The van der Waals surface area contributed by atoms with E-state index in [2.05, 4.69) is 0 Å². The summed E-state index contributed by atoms with van der Waals surface area (Å²) in [7, 11) is 0. The van der Waals surface area contributed by atoms with Gasteiger partial charge in [-0.3, -0.25) is 0 Å². The number of phenolic OH excluding ortho intramolecular Hbond substituents is 3. The number of aryl methyl sites for hydroxylation is 1. The Balaban J connectivity index is 2.87. The second kappa shape index (κ2) is 4.50. The first kappa shape index (κ1) is 13.3. The van der Waals surface area contributed by atoms with Gasteiger partial charge in [0.05, 0.1) is 0 Å². The predicted octanol–water partition coefficient (Wildman–Crippen LogP) is 3.70. The number of phenols is 3. The average molecular weight is 258 g/mol. The summed E-state index contributed by atoms with van der Waals surface area (Å²) in [5, 5.41) is 29.7. The molecule has 2 aromatic rings. The Bertz CT molecular complexity index is 629. The molecule has 3 N–H and O–H groups in total. The second-order valence-electron chi connectivity index (χ2n) is 4.92. The summed E-state index contributed by atoms with van der Waals surface area (Å²) in [6, 6.07) is 5.81. The van der Waals surface area contributed by atoms with E-state index in [1.807, 2.05) is 39.0 Å². The minimum atomic E-state index is -0.459. The molecule has 2 rings (SSSR count). The van der Waals surface area contributed by atoms with E-state index < -0.39 is 5.75 Å². The largest absolute Gasteiger partial charge is 0.504 e. The Kier molecular flexibility index (Phi) is 3.14. The monoisotopic (exact) mass is 258 g/mol. The molecule has 0 amide bonds. The summed E-state index contributed by atoms with van der Waals surface area (Å²) in [6.45, 7) is 7.52. The molecule has 0 saturated carbocycles. The molecule has 3 heteroatoms. The maximum absolute atomic E-state index is 10.1. The van der Waals surface area contributed by atoms with Gasteiger partial charge in [0, 0.05) is 5.56 Å². The van der Waals surface area contributed by atoms with Gasteiger partial charge in [0.2, 0.25) is 5.75 Å². The lowest BCUT2D eigenvalue weighted by Gasteiger charge is -2.17. The van der Waals surface area contributed by atoms with E-state index in [9.17, 15) is 15.3 Å². The van der Waals surface area contributed by atoms with Crippen LogP contribution in [0.25, 0.3) is 11.1 Å². The Morgan fingerprint density at radius 1 is 0.684 bits per heavy atom. The van der Waals surface area contributed by atoms with Crippen molar-refractivity contribution in [3.05, 3.63) is 40.5 Å². The molecule has 0 aliphatic carbocycles. The average Bonchev–Trinajstić information content (AvgIpc) is 2.39. The molecule has 0 heterocycles. The first-order valence-electron chi connectivity index (χ1n) is 6.16. The van der Waals surface area contributed by atoms with Crippen LogP contribution in [-0.2, 0) is 0 Å². The van der Waals surface area contributed by atoms with Gasteiger partial charge >= 0.3 is 0 Å². The molecular formula is C16H18O3. The molecule has 0 unspecified atom stereocenters. The van der Waals surface area contributed by atoms with Crippen LogP contribution in [-0.4, -0.2) is 15.3 Å². The van der Waals surface area contributed by atoms with Crippen molar-refractivity contribution in [3.8, 4) is 28.4 Å². The zero-order valence-corrected chi connectivity index (χ0v) is 11.6. The summed E-state index contributed by atoms with van der Waals surface area (Å²) < 4.78 is 0. The molecule has 0 aliphatic rings. The number of hydrogen-bond donors (Lipinski definition) is 3. The van der Waals surface area contributed by atoms with E-state index in [1.165, 1.54) is 0 Å². The van der Waals surface area contributed by atoms with Gasteiger partial charge in [0.15, 0.2) is 11.5 Å². The van der Waals surface area contributed by atoms with E-state index >= 15 is 0 Å². The van der Waals surface area contributed by atoms with Crippen LogP contribution < -0.4 is 0 Å². The molecule has 0 saturated heterocycles. The number of benzene rings is 2. The molecule has 19 heavy (non-hydrogen) atoms. The maximum Gasteiger partial charge on any atom is 0.201 e. The highest BCUT2D eigenvalue weighted by Gasteiger charge is 2.20. The van der Waals surface area contributed by atoms with Crippen molar-refractivity contribution in [2.75, 3.05) is 0 Å². The third kappa shape index (κ3) is 1.91. The van der Waals surface area contributed by atoms with E-state index in [4.69, 9.17) is 0 Å². The van der Waals surface area contributed by atoms with Gasteiger partial charge in [-0.1, -0.05) is 18.2 Å². The van der Waals surface area contributed by atoms with Crippen LogP contribution in [0.4, 0.5) is 0 Å². The lowest BCUT2D eigenvalue weighted by molar-refractivity contribution is 0.366. The smallest absolute Gasteiger partial charge is 0.201 e. The molecule has 0 bridgehead atoms. The van der Waals surface area contributed by atoms with Gasteiger partial charge in [-0.15, -0.1) is 0 Å². The summed E-state index contributed by atoms with van der Waals surface area (Å²) in [4.78, 5) is 0. The lowest BCUT2D eigenvalue weighted by atomic mass is 9.90. The molecule has 100 valence electrons. The highest BCUT2D eigenvalue weighted by molar-refractivity contribution is 5.82. The Labute approximate surface area is 112 Å². The van der Waals surface area contributed by atoms with Gasteiger partial charge in [0.25, 0.3) is 0 Å². The normalized spacial score (nSPS) is 10.7.